The van der Waals surface area contributed by atoms with Crippen molar-refractivity contribution in [1.29, 1.82) is 0 Å². The van der Waals surface area contributed by atoms with Gasteiger partial charge in [-0.3, -0.25) is 9.88 Å². The molecule has 4 heteroatoms. The molecule has 4 nitrogen and oxygen atoms in total. The number of nitrogens with two attached hydrogens (primary N) is 1. The topological polar surface area (TPSA) is 62.4 Å². The van der Waals surface area contributed by atoms with Crippen LogP contribution < -0.4 is 5.73 Å². The van der Waals surface area contributed by atoms with Crippen LogP contribution in [0.15, 0.2) is 18.3 Å². The van der Waals surface area contributed by atoms with E-state index in [1.54, 1.807) is 0 Å². The first-order chi connectivity index (χ1) is 8.31. The molecule has 94 valence electrons. The minimum absolute atomic E-state index is 0.306. The fraction of sp³-hybridized carbons (Fsp3) is 0.615. The van der Waals surface area contributed by atoms with Gasteiger partial charge in [0.2, 0.25) is 0 Å². The third kappa shape index (κ3) is 3.49. The monoisotopic (exact) mass is 235 g/mol. The van der Waals surface area contributed by atoms with Gasteiger partial charge in [0.1, 0.15) is 0 Å². The van der Waals surface area contributed by atoms with Gasteiger partial charge in [-0.25, -0.2) is 0 Å². The SMILES string of the molecule is NCc1cc(CN2CCCC(CO)C2)ccn1. The van der Waals surface area contributed by atoms with Gasteiger partial charge in [0.05, 0.1) is 5.69 Å². The summed E-state index contributed by atoms with van der Waals surface area (Å²) in [4.78, 5) is 6.60. The highest BCUT2D eigenvalue weighted by Crippen LogP contribution is 2.18. The van der Waals surface area contributed by atoms with E-state index >= 15 is 0 Å². The van der Waals surface area contributed by atoms with Crippen molar-refractivity contribution in [1.82, 2.24) is 9.88 Å². The predicted molar refractivity (Wildman–Crippen MR) is 67.2 cm³/mol. The smallest absolute Gasteiger partial charge is 0.0542 e. The minimum Gasteiger partial charge on any atom is -0.396 e. The standard InChI is InChI=1S/C13H21N3O/c14-7-13-6-11(3-4-15-13)8-16-5-1-2-12(9-16)10-17/h3-4,6,12,17H,1-2,5,7-10,14H2. The van der Waals surface area contributed by atoms with Crippen LogP contribution in [-0.4, -0.2) is 34.7 Å². The Kier molecular flexibility index (Phi) is 4.48. The van der Waals surface area contributed by atoms with Crippen molar-refractivity contribution in [2.75, 3.05) is 19.7 Å². The molecule has 3 N–H and O–H groups in total. The molecule has 0 saturated carbocycles. The lowest BCUT2D eigenvalue weighted by atomic mass is 9.98. The van der Waals surface area contributed by atoms with Gasteiger partial charge in [-0.05, 0) is 43.0 Å². The van der Waals surface area contributed by atoms with Crippen LogP contribution in [0.5, 0.6) is 0 Å². The summed E-state index contributed by atoms with van der Waals surface area (Å²) in [5.74, 6) is 0.444. The Morgan fingerprint density at radius 3 is 3.18 bits per heavy atom. The van der Waals surface area contributed by atoms with E-state index in [-0.39, 0.29) is 0 Å². The van der Waals surface area contributed by atoms with Crippen molar-refractivity contribution in [3.05, 3.63) is 29.6 Å². The summed E-state index contributed by atoms with van der Waals surface area (Å²) < 4.78 is 0. The summed E-state index contributed by atoms with van der Waals surface area (Å²) in [5, 5.41) is 9.20. The molecule has 17 heavy (non-hydrogen) atoms. The molecular formula is C13H21N3O. The molecule has 1 aromatic rings. The Balaban J connectivity index is 1.95. The lowest BCUT2D eigenvalue weighted by Crippen LogP contribution is -2.36. The molecule has 1 fully saturated rings. The van der Waals surface area contributed by atoms with Gasteiger partial charge in [-0.1, -0.05) is 0 Å². The van der Waals surface area contributed by atoms with Gasteiger partial charge in [0.15, 0.2) is 0 Å². The molecule has 0 bridgehead atoms. The molecule has 1 aliphatic heterocycles. The Hall–Kier alpha value is -0.970. The molecule has 1 aromatic heterocycles. The quantitative estimate of drug-likeness (QED) is 0.808. The van der Waals surface area contributed by atoms with E-state index in [0.717, 1.165) is 31.7 Å². The van der Waals surface area contributed by atoms with E-state index in [9.17, 15) is 5.11 Å². The largest absolute Gasteiger partial charge is 0.396 e. The van der Waals surface area contributed by atoms with Crippen LogP contribution in [0.3, 0.4) is 0 Å². The van der Waals surface area contributed by atoms with Crippen LogP contribution in [0.4, 0.5) is 0 Å². The zero-order chi connectivity index (χ0) is 12.1. The Bertz CT molecular complexity index is 356. The summed E-state index contributed by atoms with van der Waals surface area (Å²) in [5.41, 5.74) is 7.79. The summed E-state index contributed by atoms with van der Waals surface area (Å²) in [6.45, 7) is 3.85. The van der Waals surface area contributed by atoms with Gasteiger partial charge >= 0.3 is 0 Å². The Labute approximate surface area is 102 Å². The molecule has 1 saturated heterocycles. The van der Waals surface area contributed by atoms with E-state index in [0.29, 0.717) is 19.1 Å². The maximum atomic E-state index is 9.20. The number of aromatic nitrogens is 1. The molecule has 1 atom stereocenters. The average molecular weight is 235 g/mol. The lowest BCUT2D eigenvalue weighted by Gasteiger charge is -2.31. The van der Waals surface area contributed by atoms with Crippen LogP contribution in [0.1, 0.15) is 24.1 Å². The summed E-state index contributed by atoms with van der Waals surface area (Å²) in [7, 11) is 0. The van der Waals surface area contributed by atoms with Crippen molar-refractivity contribution in [3.63, 3.8) is 0 Å². The Morgan fingerprint density at radius 2 is 2.41 bits per heavy atom. The second-order valence-corrected chi connectivity index (χ2v) is 4.79. The van der Waals surface area contributed by atoms with Crippen LogP contribution >= 0.6 is 0 Å². The summed E-state index contributed by atoms with van der Waals surface area (Å²) in [6, 6.07) is 4.12. The first-order valence-electron chi connectivity index (χ1n) is 6.29. The molecule has 0 radical (unpaired) electrons. The second kappa shape index (κ2) is 6.10. The second-order valence-electron chi connectivity index (χ2n) is 4.79. The fourth-order valence-corrected chi connectivity index (χ4v) is 2.44. The van der Waals surface area contributed by atoms with Crippen molar-refractivity contribution >= 4 is 0 Å². The zero-order valence-electron chi connectivity index (χ0n) is 10.2. The van der Waals surface area contributed by atoms with Gasteiger partial charge in [0.25, 0.3) is 0 Å². The molecule has 0 spiro atoms. The van der Waals surface area contributed by atoms with E-state index in [1.807, 2.05) is 12.3 Å². The van der Waals surface area contributed by atoms with E-state index in [1.165, 1.54) is 12.0 Å². The highest BCUT2D eigenvalue weighted by molar-refractivity contribution is 5.16. The normalized spacial score (nSPS) is 21.6. The van der Waals surface area contributed by atoms with Crippen molar-refractivity contribution < 1.29 is 5.11 Å². The van der Waals surface area contributed by atoms with Gasteiger partial charge in [0, 0.05) is 32.4 Å². The maximum Gasteiger partial charge on any atom is 0.0542 e. The number of nitrogens with zero attached hydrogens (tertiary/aromatic N) is 2. The molecule has 1 aliphatic rings. The number of hydrogen-bond donors (Lipinski definition) is 2. The molecule has 2 rings (SSSR count). The van der Waals surface area contributed by atoms with Crippen LogP contribution in [0.2, 0.25) is 0 Å². The van der Waals surface area contributed by atoms with Gasteiger partial charge in [-0.15, -0.1) is 0 Å². The molecule has 0 aliphatic carbocycles. The molecule has 1 unspecified atom stereocenters. The van der Waals surface area contributed by atoms with E-state index in [2.05, 4.69) is 16.0 Å². The number of hydrogen-bond acceptors (Lipinski definition) is 4. The van der Waals surface area contributed by atoms with Crippen LogP contribution in [-0.2, 0) is 13.1 Å². The van der Waals surface area contributed by atoms with E-state index in [4.69, 9.17) is 5.73 Å². The number of likely N-dealkylation sites (tertiary alicyclic amines) is 1. The minimum atomic E-state index is 0.306. The highest BCUT2D eigenvalue weighted by atomic mass is 16.3. The third-order valence-electron chi connectivity index (χ3n) is 3.36. The first kappa shape index (κ1) is 12.5. The maximum absolute atomic E-state index is 9.20. The highest BCUT2D eigenvalue weighted by Gasteiger charge is 2.19. The number of aliphatic hydroxyl groups is 1. The first-order valence-corrected chi connectivity index (χ1v) is 6.29. The third-order valence-corrected chi connectivity index (χ3v) is 3.36. The fourth-order valence-electron chi connectivity index (χ4n) is 2.44. The van der Waals surface area contributed by atoms with E-state index < -0.39 is 0 Å². The summed E-state index contributed by atoms with van der Waals surface area (Å²) in [6.07, 6.45) is 4.16. The van der Waals surface area contributed by atoms with Gasteiger partial charge in [-0.2, -0.15) is 0 Å². The number of piperidine rings is 1. The van der Waals surface area contributed by atoms with Crippen LogP contribution in [0.25, 0.3) is 0 Å². The molecule has 0 amide bonds. The zero-order valence-corrected chi connectivity index (χ0v) is 10.2. The average Bonchev–Trinajstić information content (AvgIpc) is 2.39. The van der Waals surface area contributed by atoms with Crippen LogP contribution in [0, 0.1) is 5.92 Å². The molecule has 0 aromatic carbocycles. The predicted octanol–water partition coefficient (Wildman–Crippen LogP) is 0.745. The lowest BCUT2D eigenvalue weighted by molar-refractivity contribution is 0.116. The van der Waals surface area contributed by atoms with Crippen molar-refractivity contribution in [2.45, 2.75) is 25.9 Å². The Morgan fingerprint density at radius 1 is 1.53 bits per heavy atom. The number of aliphatic hydroxyl groups excluding tert-OH is 1. The van der Waals surface area contributed by atoms with Gasteiger partial charge < -0.3 is 10.8 Å². The summed E-state index contributed by atoms with van der Waals surface area (Å²) >= 11 is 0. The van der Waals surface area contributed by atoms with Crippen molar-refractivity contribution in [3.8, 4) is 0 Å². The molecule has 2 heterocycles. The van der Waals surface area contributed by atoms with Crippen molar-refractivity contribution in [2.24, 2.45) is 11.7 Å². The number of rotatable bonds is 4. The molecular weight excluding hydrogens is 214 g/mol. The number of pyridine rings is 1.